The molecule has 0 aliphatic carbocycles. The molecule has 1 aliphatic rings. The molecule has 1 fully saturated rings. The summed E-state index contributed by atoms with van der Waals surface area (Å²) < 4.78 is 0. The van der Waals surface area contributed by atoms with Crippen LogP contribution in [0.1, 0.15) is 28.8 Å². The van der Waals surface area contributed by atoms with Crippen LogP contribution >= 0.6 is 0 Å². The van der Waals surface area contributed by atoms with Gasteiger partial charge in [-0.05, 0) is 36.8 Å². The summed E-state index contributed by atoms with van der Waals surface area (Å²) in [5.74, 6) is -0.257. The van der Waals surface area contributed by atoms with E-state index in [4.69, 9.17) is 5.26 Å². The van der Waals surface area contributed by atoms with E-state index < -0.39 is 0 Å². The van der Waals surface area contributed by atoms with Crippen LogP contribution in [0, 0.1) is 11.3 Å². The van der Waals surface area contributed by atoms with E-state index in [-0.39, 0.29) is 11.8 Å². The molecule has 2 aromatic carbocycles. The summed E-state index contributed by atoms with van der Waals surface area (Å²) in [6, 6.07) is 15.8. The van der Waals surface area contributed by atoms with Gasteiger partial charge in [-0.3, -0.25) is 9.59 Å². The van der Waals surface area contributed by atoms with E-state index in [9.17, 15) is 9.59 Å². The molecule has 114 valence electrons. The van der Waals surface area contributed by atoms with E-state index in [0.29, 0.717) is 35.5 Å². The van der Waals surface area contributed by atoms with Gasteiger partial charge < -0.3 is 10.2 Å². The molecule has 23 heavy (non-hydrogen) atoms. The molecule has 1 saturated heterocycles. The van der Waals surface area contributed by atoms with Crippen molar-refractivity contribution in [2.45, 2.75) is 12.8 Å². The highest BCUT2D eigenvalue weighted by atomic mass is 16.2. The number of anilines is 2. The average molecular weight is 305 g/mol. The first-order valence-corrected chi connectivity index (χ1v) is 7.40. The molecular weight excluding hydrogens is 290 g/mol. The van der Waals surface area contributed by atoms with E-state index in [2.05, 4.69) is 5.32 Å². The maximum Gasteiger partial charge on any atom is 0.257 e. The van der Waals surface area contributed by atoms with Gasteiger partial charge in [0.15, 0.2) is 0 Å². The Balaban J connectivity index is 1.88. The predicted octanol–water partition coefficient (Wildman–Crippen LogP) is 2.94. The van der Waals surface area contributed by atoms with Crippen molar-refractivity contribution < 1.29 is 9.59 Å². The molecule has 3 rings (SSSR count). The smallest absolute Gasteiger partial charge is 0.257 e. The van der Waals surface area contributed by atoms with Gasteiger partial charge in [0.1, 0.15) is 0 Å². The number of nitriles is 1. The Hall–Kier alpha value is -3.13. The largest absolute Gasteiger partial charge is 0.322 e. The van der Waals surface area contributed by atoms with Crippen LogP contribution in [0.3, 0.4) is 0 Å². The van der Waals surface area contributed by atoms with Crippen LogP contribution in [0.5, 0.6) is 0 Å². The van der Waals surface area contributed by atoms with Crippen LogP contribution in [0.2, 0.25) is 0 Å². The van der Waals surface area contributed by atoms with Gasteiger partial charge in [-0.2, -0.15) is 5.26 Å². The predicted molar refractivity (Wildman–Crippen MR) is 87.1 cm³/mol. The third kappa shape index (κ3) is 3.06. The molecule has 1 aliphatic heterocycles. The zero-order valence-corrected chi connectivity index (χ0v) is 12.5. The summed E-state index contributed by atoms with van der Waals surface area (Å²) >= 11 is 0. The fourth-order valence-electron chi connectivity index (χ4n) is 2.67. The van der Waals surface area contributed by atoms with E-state index in [1.165, 1.54) is 0 Å². The summed E-state index contributed by atoms with van der Waals surface area (Å²) in [5.41, 5.74) is 2.11. The summed E-state index contributed by atoms with van der Waals surface area (Å²) in [6.07, 6.45) is 1.32. The van der Waals surface area contributed by atoms with Crippen molar-refractivity contribution in [3.63, 3.8) is 0 Å². The van der Waals surface area contributed by atoms with E-state index in [0.717, 1.165) is 6.42 Å². The second kappa shape index (κ2) is 6.32. The molecule has 0 unspecified atom stereocenters. The van der Waals surface area contributed by atoms with E-state index >= 15 is 0 Å². The molecule has 0 saturated carbocycles. The molecule has 1 N–H and O–H groups in total. The Labute approximate surface area is 134 Å². The molecule has 2 amide bonds. The van der Waals surface area contributed by atoms with Crippen molar-refractivity contribution in [3.05, 3.63) is 59.7 Å². The molecule has 2 aromatic rings. The highest BCUT2D eigenvalue weighted by Gasteiger charge is 2.25. The number of hydrogen-bond donors (Lipinski definition) is 1. The first-order chi connectivity index (χ1) is 11.2. The molecule has 0 spiro atoms. The minimum atomic E-state index is -0.296. The monoisotopic (exact) mass is 305 g/mol. The van der Waals surface area contributed by atoms with Gasteiger partial charge in [-0.25, -0.2) is 0 Å². The Kier molecular flexibility index (Phi) is 4.07. The Bertz CT molecular complexity index is 808. The second-order valence-electron chi connectivity index (χ2n) is 5.31. The number of carbonyl (C=O) groups is 2. The number of rotatable bonds is 3. The van der Waals surface area contributed by atoms with Crippen molar-refractivity contribution >= 4 is 23.2 Å². The quantitative estimate of drug-likeness (QED) is 0.947. The number of hydrogen-bond acceptors (Lipinski definition) is 3. The van der Waals surface area contributed by atoms with Gasteiger partial charge in [-0.1, -0.05) is 18.2 Å². The Morgan fingerprint density at radius 2 is 2.00 bits per heavy atom. The maximum atomic E-state index is 12.6. The fourth-order valence-corrected chi connectivity index (χ4v) is 2.67. The van der Waals surface area contributed by atoms with Gasteiger partial charge in [-0.15, -0.1) is 0 Å². The summed E-state index contributed by atoms with van der Waals surface area (Å²) in [7, 11) is 0. The number of para-hydroxylation sites is 1. The highest BCUT2D eigenvalue weighted by molar-refractivity contribution is 6.11. The van der Waals surface area contributed by atoms with E-state index in [1.54, 1.807) is 47.4 Å². The average Bonchev–Trinajstić information content (AvgIpc) is 3.01. The van der Waals surface area contributed by atoms with Crippen molar-refractivity contribution in [2.75, 3.05) is 16.8 Å². The molecule has 0 aromatic heterocycles. The lowest BCUT2D eigenvalue weighted by atomic mass is 10.1. The van der Waals surface area contributed by atoms with Crippen molar-refractivity contribution in [2.24, 2.45) is 0 Å². The lowest BCUT2D eigenvalue weighted by Crippen LogP contribution is -2.27. The highest BCUT2D eigenvalue weighted by Crippen LogP contribution is 2.26. The van der Waals surface area contributed by atoms with E-state index in [1.807, 2.05) is 12.1 Å². The van der Waals surface area contributed by atoms with Crippen LogP contribution < -0.4 is 10.2 Å². The number of amides is 2. The number of benzene rings is 2. The first kappa shape index (κ1) is 14.8. The zero-order valence-electron chi connectivity index (χ0n) is 12.5. The normalized spacial score (nSPS) is 13.7. The lowest BCUT2D eigenvalue weighted by Gasteiger charge is -2.19. The topological polar surface area (TPSA) is 73.2 Å². The number of carbonyl (C=O) groups excluding carboxylic acids is 2. The molecular formula is C18H15N3O2. The number of nitrogens with zero attached hydrogens (tertiary/aromatic N) is 2. The fraction of sp³-hybridized carbons (Fsp3) is 0.167. The third-order valence-corrected chi connectivity index (χ3v) is 3.76. The summed E-state index contributed by atoms with van der Waals surface area (Å²) in [6.45, 7) is 0.632. The van der Waals surface area contributed by atoms with Crippen molar-refractivity contribution in [1.29, 1.82) is 5.26 Å². The Morgan fingerprint density at radius 3 is 2.74 bits per heavy atom. The van der Waals surface area contributed by atoms with Crippen LogP contribution in [0.4, 0.5) is 11.4 Å². The van der Waals surface area contributed by atoms with Crippen LogP contribution in [-0.2, 0) is 4.79 Å². The van der Waals surface area contributed by atoms with Crippen molar-refractivity contribution in [1.82, 2.24) is 0 Å². The number of nitrogens with one attached hydrogen (secondary N) is 1. The van der Waals surface area contributed by atoms with Gasteiger partial charge in [0, 0.05) is 18.7 Å². The molecule has 0 bridgehead atoms. The summed E-state index contributed by atoms with van der Waals surface area (Å²) in [4.78, 5) is 26.2. The van der Waals surface area contributed by atoms with Crippen LogP contribution in [-0.4, -0.2) is 18.4 Å². The van der Waals surface area contributed by atoms with Gasteiger partial charge in [0.2, 0.25) is 5.91 Å². The lowest BCUT2D eigenvalue weighted by molar-refractivity contribution is -0.117. The minimum absolute atomic E-state index is 0.0386. The first-order valence-electron chi connectivity index (χ1n) is 7.40. The van der Waals surface area contributed by atoms with Crippen LogP contribution in [0.25, 0.3) is 0 Å². The van der Waals surface area contributed by atoms with Crippen LogP contribution in [0.15, 0.2) is 48.5 Å². The molecule has 1 heterocycles. The molecule has 0 radical (unpaired) electrons. The van der Waals surface area contributed by atoms with Crippen molar-refractivity contribution in [3.8, 4) is 6.07 Å². The molecule has 5 heteroatoms. The standard InChI is InChI=1S/C18H15N3O2/c19-12-13-5-3-6-14(11-13)20-18(23)15-7-1-2-8-16(15)21-10-4-9-17(21)22/h1-3,5-8,11H,4,9-10H2,(H,20,23). The SMILES string of the molecule is N#Cc1cccc(NC(=O)c2ccccc2N2CCCC2=O)c1. The second-order valence-corrected chi connectivity index (χ2v) is 5.31. The minimum Gasteiger partial charge on any atom is -0.322 e. The van der Waals surface area contributed by atoms with Gasteiger partial charge in [0.05, 0.1) is 22.9 Å². The van der Waals surface area contributed by atoms with Gasteiger partial charge in [0.25, 0.3) is 5.91 Å². The summed E-state index contributed by atoms with van der Waals surface area (Å²) in [5, 5.41) is 11.7. The maximum absolute atomic E-state index is 12.6. The van der Waals surface area contributed by atoms with Gasteiger partial charge >= 0.3 is 0 Å². The zero-order chi connectivity index (χ0) is 16.2. The Morgan fingerprint density at radius 1 is 1.17 bits per heavy atom. The molecule has 5 nitrogen and oxygen atoms in total. The third-order valence-electron chi connectivity index (χ3n) is 3.76. The molecule has 0 atom stereocenters.